The monoisotopic (exact) mass is 500 g/mol. The summed E-state index contributed by atoms with van der Waals surface area (Å²) in [6.45, 7) is 20.8. The van der Waals surface area contributed by atoms with E-state index in [2.05, 4.69) is 0 Å². The van der Waals surface area contributed by atoms with E-state index in [4.69, 9.17) is 18.3 Å². The molecule has 0 amide bonds. The molecule has 0 spiro atoms. The predicted molar refractivity (Wildman–Crippen MR) is 132 cm³/mol. The Morgan fingerprint density at radius 1 is 0.853 bits per heavy atom. The molecule has 1 aromatic carbocycles. The van der Waals surface area contributed by atoms with Crippen molar-refractivity contribution >= 4 is 19.8 Å². The van der Waals surface area contributed by atoms with E-state index < -0.39 is 42.0 Å². The average molecular weight is 501 g/mol. The molecule has 0 unspecified atom stereocenters. The molecule has 0 heterocycles. The molecule has 1 rings (SSSR count). The van der Waals surface area contributed by atoms with Gasteiger partial charge in [0.2, 0.25) is 0 Å². The summed E-state index contributed by atoms with van der Waals surface area (Å²) in [6, 6.07) is 3.02. The number of carboxylic acids is 1. The van der Waals surface area contributed by atoms with Crippen LogP contribution in [0.5, 0.6) is 5.75 Å². The molecule has 0 atom stereocenters. The van der Waals surface area contributed by atoms with Crippen LogP contribution in [0.25, 0.3) is 0 Å². The third kappa shape index (κ3) is 9.77. The fraction of sp³-hybridized carbons (Fsp3) is 0.680. The molecule has 0 saturated heterocycles. The lowest BCUT2D eigenvalue weighted by molar-refractivity contribution is -0.138. The van der Waals surface area contributed by atoms with Crippen LogP contribution in [0.4, 0.5) is 0 Å². The largest absolute Gasteiger partial charge is 0.531 e. The normalized spacial score (nSPS) is 13.5. The zero-order valence-corrected chi connectivity index (χ0v) is 23.5. The maximum Gasteiger partial charge on any atom is 0.531 e. The van der Waals surface area contributed by atoms with Crippen LogP contribution >= 0.6 is 7.82 Å². The number of aliphatic carboxylic acids is 1. The SMILES string of the molecule is Cc1cc(C(=O)OC(C)(C)C)cc(OP(=O)(OC(C)(C)C)OC(C)(C)C)c1C(C)(C)CC(=O)O. The van der Waals surface area contributed by atoms with Gasteiger partial charge in [-0.3, -0.25) is 13.8 Å². The summed E-state index contributed by atoms with van der Waals surface area (Å²) < 4.78 is 36.8. The van der Waals surface area contributed by atoms with Crippen LogP contribution < -0.4 is 4.52 Å². The second kappa shape index (κ2) is 10.00. The number of ether oxygens (including phenoxy) is 1. The Kier molecular flexibility index (Phi) is 8.86. The van der Waals surface area contributed by atoms with Crippen molar-refractivity contribution in [2.75, 3.05) is 0 Å². The van der Waals surface area contributed by atoms with Crippen molar-refractivity contribution in [1.29, 1.82) is 0 Å². The summed E-state index contributed by atoms with van der Waals surface area (Å²) in [5, 5.41) is 9.48. The van der Waals surface area contributed by atoms with E-state index >= 15 is 0 Å². The summed E-state index contributed by atoms with van der Waals surface area (Å²) >= 11 is 0. The molecule has 0 aliphatic rings. The minimum Gasteiger partial charge on any atom is -0.481 e. The average Bonchev–Trinajstić information content (AvgIpc) is 2.46. The van der Waals surface area contributed by atoms with Crippen molar-refractivity contribution < 1.29 is 37.6 Å². The molecule has 34 heavy (non-hydrogen) atoms. The van der Waals surface area contributed by atoms with E-state index in [-0.39, 0.29) is 17.7 Å². The number of benzene rings is 1. The van der Waals surface area contributed by atoms with E-state index in [1.165, 1.54) is 6.07 Å². The van der Waals surface area contributed by atoms with Crippen LogP contribution in [-0.2, 0) is 28.6 Å². The highest BCUT2D eigenvalue weighted by Crippen LogP contribution is 2.57. The number of carbonyl (C=O) groups is 2. The molecule has 0 aliphatic heterocycles. The van der Waals surface area contributed by atoms with Gasteiger partial charge in [-0.2, -0.15) is 0 Å². The summed E-state index contributed by atoms with van der Waals surface area (Å²) in [5.41, 5.74) is -2.17. The number of hydrogen-bond donors (Lipinski definition) is 1. The smallest absolute Gasteiger partial charge is 0.481 e. The first kappa shape index (κ1) is 30.1. The van der Waals surface area contributed by atoms with Crippen LogP contribution in [0.3, 0.4) is 0 Å². The van der Waals surface area contributed by atoms with Gasteiger partial charge in [-0.1, -0.05) is 13.8 Å². The zero-order chi connectivity index (χ0) is 26.9. The molecule has 0 aliphatic carbocycles. The van der Waals surface area contributed by atoms with Crippen molar-refractivity contribution in [1.82, 2.24) is 0 Å². The molecule has 0 saturated carbocycles. The standard InChI is InChI=1S/C25H41O8P/c1-16-13-17(21(28)30-22(2,3)4)14-18(20(16)25(11,12)15-19(26)27)31-34(29,32-23(5,6)7)33-24(8,9)10/h13-14H,15H2,1-12H3,(H,26,27). The summed E-state index contributed by atoms with van der Waals surface area (Å²) in [5.74, 6) is -1.55. The van der Waals surface area contributed by atoms with Gasteiger partial charge in [0.25, 0.3) is 0 Å². The number of phosphoric acid groups is 1. The highest BCUT2D eigenvalue weighted by atomic mass is 31.2. The van der Waals surface area contributed by atoms with E-state index in [0.717, 1.165) is 0 Å². The molecule has 194 valence electrons. The fourth-order valence-electron chi connectivity index (χ4n) is 3.46. The van der Waals surface area contributed by atoms with Gasteiger partial charge in [0, 0.05) is 11.0 Å². The van der Waals surface area contributed by atoms with Gasteiger partial charge >= 0.3 is 19.8 Å². The molecule has 9 heteroatoms. The topological polar surface area (TPSA) is 108 Å². The van der Waals surface area contributed by atoms with E-state index in [1.54, 1.807) is 89.2 Å². The number of phosphoric ester groups is 1. The fourth-order valence-corrected chi connectivity index (χ4v) is 5.30. The van der Waals surface area contributed by atoms with Crippen molar-refractivity contribution in [2.24, 2.45) is 0 Å². The third-order valence-electron chi connectivity index (χ3n) is 4.19. The third-order valence-corrected chi connectivity index (χ3v) is 6.15. The molecule has 0 aromatic heterocycles. The van der Waals surface area contributed by atoms with Gasteiger partial charge in [0.15, 0.2) is 0 Å². The number of hydrogen-bond acceptors (Lipinski definition) is 7. The van der Waals surface area contributed by atoms with Crippen molar-refractivity contribution in [3.8, 4) is 5.75 Å². The molecule has 0 bridgehead atoms. The number of aryl methyl sites for hydroxylation is 1. The molecular weight excluding hydrogens is 459 g/mol. The maximum atomic E-state index is 13.8. The second-order valence-corrected chi connectivity index (χ2v) is 13.5. The quantitative estimate of drug-likeness (QED) is 0.306. The van der Waals surface area contributed by atoms with E-state index in [1.807, 2.05) is 0 Å². The Morgan fingerprint density at radius 3 is 1.71 bits per heavy atom. The Morgan fingerprint density at radius 2 is 1.32 bits per heavy atom. The first-order valence-electron chi connectivity index (χ1n) is 11.2. The van der Waals surface area contributed by atoms with E-state index in [0.29, 0.717) is 11.1 Å². The van der Waals surface area contributed by atoms with Gasteiger partial charge in [0.05, 0.1) is 23.2 Å². The van der Waals surface area contributed by atoms with Gasteiger partial charge in [-0.25, -0.2) is 9.36 Å². The van der Waals surface area contributed by atoms with Crippen LogP contribution in [0.2, 0.25) is 0 Å². The van der Waals surface area contributed by atoms with Crippen molar-refractivity contribution in [3.05, 3.63) is 28.8 Å². The van der Waals surface area contributed by atoms with Crippen LogP contribution in [0, 0.1) is 6.92 Å². The summed E-state index contributed by atoms with van der Waals surface area (Å²) in [7, 11) is -4.23. The Balaban J connectivity index is 3.78. The van der Waals surface area contributed by atoms with Crippen LogP contribution in [0.15, 0.2) is 12.1 Å². The van der Waals surface area contributed by atoms with Gasteiger partial charge in [-0.15, -0.1) is 0 Å². The highest BCUT2D eigenvalue weighted by Gasteiger charge is 2.41. The summed E-state index contributed by atoms with van der Waals surface area (Å²) in [4.78, 5) is 24.4. The highest BCUT2D eigenvalue weighted by molar-refractivity contribution is 7.49. The molecular formula is C25H41O8P. The predicted octanol–water partition coefficient (Wildman–Crippen LogP) is 6.82. The first-order chi connectivity index (χ1) is 14.9. The van der Waals surface area contributed by atoms with Crippen LogP contribution in [0.1, 0.15) is 104 Å². The number of esters is 1. The molecule has 1 N–H and O–H groups in total. The number of carboxylic acid groups (broad SMARTS) is 1. The lowest BCUT2D eigenvalue weighted by Gasteiger charge is -2.33. The Bertz CT molecular complexity index is 939. The van der Waals surface area contributed by atoms with E-state index in [9.17, 15) is 19.3 Å². The molecule has 0 fully saturated rings. The Labute approximate surface area is 203 Å². The minimum atomic E-state index is -4.23. The molecule has 1 aromatic rings. The lowest BCUT2D eigenvalue weighted by atomic mass is 9.78. The lowest BCUT2D eigenvalue weighted by Crippen LogP contribution is -2.28. The Hall–Kier alpha value is -1.89. The minimum absolute atomic E-state index is 0.0453. The van der Waals surface area contributed by atoms with Gasteiger partial charge in [-0.05, 0) is 86.9 Å². The zero-order valence-electron chi connectivity index (χ0n) is 22.6. The molecule has 0 radical (unpaired) electrons. The van der Waals surface area contributed by atoms with Crippen LogP contribution in [-0.4, -0.2) is 33.8 Å². The maximum absolute atomic E-state index is 13.8. The van der Waals surface area contributed by atoms with Crippen molar-refractivity contribution in [3.63, 3.8) is 0 Å². The van der Waals surface area contributed by atoms with Gasteiger partial charge in [0.1, 0.15) is 11.4 Å². The molecule has 8 nitrogen and oxygen atoms in total. The second-order valence-electron chi connectivity index (χ2n) is 12.1. The first-order valence-corrected chi connectivity index (χ1v) is 12.7. The number of carbonyl (C=O) groups excluding carboxylic acids is 1. The van der Waals surface area contributed by atoms with Gasteiger partial charge < -0.3 is 14.4 Å². The van der Waals surface area contributed by atoms with Crippen molar-refractivity contribution in [2.45, 2.75) is 112 Å². The summed E-state index contributed by atoms with van der Waals surface area (Å²) in [6.07, 6.45) is -0.222. The number of rotatable bonds is 8.